The van der Waals surface area contributed by atoms with Crippen LogP contribution >= 0.6 is 11.3 Å². The number of hydrogen-bond donors (Lipinski definition) is 3. The van der Waals surface area contributed by atoms with Gasteiger partial charge in [0.05, 0.1) is 11.3 Å². The molecule has 1 aromatic carbocycles. The van der Waals surface area contributed by atoms with Crippen molar-refractivity contribution in [2.45, 2.75) is 19.3 Å². The van der Waals surface area contributed by atoms with E-state index in [0.29, 0.717) is 10.8 Å². The van der Waals surface area contributed by atoms with Gasteiger partial charge < -0.3 is 10.4 Å². The van der Waals surface area contributed by atoms with Crippen LogP contribution in [0.4, 0.5) is 15.6 Å². The molecule has 0 unspecified atom stereocenters. The van der Waals surface area contributed by atoms with Crippen molar-refractivity contribution in [2.24, 2.45) is 0 Å². The molecule has 0 saturated carbocycles. The zero-order chi connectivity index (χ0) is 14.8. The van der Waals surface area contributed by atoms with Crippen molar-refractivity contribution in [3.05, 3.63) is 40.4 Å². The zero-order valence-electron chi connectivity index (χ0n) is 11.0. The summed E-state index contributed by atoms with van der Waals surface area (Å²) in [6.45, 7) is 0. The molecule has 7 heteroatoms. The molecule has 2 amide bonds. The number of nitrogens with zero attached hydrogens (tertiary/aromatic N) is 1. The number of carboxylic acid groups (broad SMARTS) is 1. The molecule has 0 radical (unpaired) electrons. The molecule has 0 spiro atoms. The summed E-state index contributed by atoms with van der Waals surface area (Å²) in [5, 5.41) is 14.8. The SMILES string of the molecule is O=C(Nc1cccc(C(=O)O)c1)Nc1nc2c(s1)CCC2. The number of aromatic carboxylic acids is 1. The van der Waals surface area contributed by atoms with Crippen LogP contribution in [0.1, 0.15) is 27.3 Å². The van der Waals surface area contributed by atoms with Crippen molar-refractivity contribution in [2.75, 3.05) is 10.6 Å². The van der Waals surface area contributed by atoms with E-state index in [-0.39, 0.29) is 5.56 Å². The number of urea groups is 1. The monoisotopic (exact) mass is 303 g/mol. The average Bonchev–Trinajstić information content (AvgIpc) is 2.99. The molecule has 0 bridgehead atoms. The Hall–Kier alpha value is -2.41. The molecule has 0 atom stereocenters. The van der Waals surface area contributed by atoms with Gasteiger partial charge in [0, 0.05) is 10.6 Å². The van der Waals surface area contributed by atoms with Gasteiger partial charge in [0.15, 0.2) is 5.13 Å². The Morgan fingerprint density at radius 2 is 2.10 bits per heavy atom. The van der Waals surface area contributed by atoms with Crippen LogP contribution in [0.2, 0.25) is 0 Å². The third-order valence-corrected chi connectivity index (χ3v) is 4.26. The lowest BCUT2D eigenvalue weighted by atomic mass is 10.2. The number of anilines is 2. The largest absolute Gasteiger partial charge is 0.478 e. The predicted octanol–water partition coefficient (Wildman–Crippen LogP) is 2.97. The lowest BCUT2D eigenvalue weighted by Gasteiger charge is -2.06. The highest BCUT2D eigenvalue weighted by atomic mass is 32.1. The summed E-state index contributed by atoms with van der Waals surface area (Å²) in [5.41, 5.74) is 1.63. The Balaban J connectivity index is 1.66. The van der Waals surface area contributed by atoms with Gasteiger partial charge in [-0.25, -0.2) is 14.6 Å². The summed E-state index contributed by atoms with van der Waals surface area (Å²) < 4.78 is 0. The Bertz CT molecular complexity index is 690. The summed E-state index contributed by atoms with van der Waals surface area (Å²) in [4.78, 5) is 28.4. The van der Waals surface area contributed by atoms with Crippen LogP contribution in [-0.4, -0.2) is 22.1 Å². The van der Waals surface area contributed by atoms with Crippen LogP contribution in [0, 0.1) is 0 Å². The van der Waals surface area contributed by atoms with Crippen LogP contribution in [0.3, 0.4) is 0 Å². The molecule has 6 nitrogen and oxygen atoms in total. The first kappa shape index (κ1) is 13.6. The zero-order valence-corrected chi connectivity index (χ0v) is 11.9. The molecule has 3 rings (SSSR count). The van der Waals surface area contributed by atoms with Crippen molar-refractivity contribution >= 4 is 34.2 Å². The highest BCUT2D eigenvalue weighted by molar-refractivity contribution is 7.15. The molecule has 0 saturated heterocycles. The first-order chi connectivity index (χ1) is 10.1. The van der Waals surface area contributed by atoms with Gasteiger partial charge in [0.2, 0.25) is 0 Å². The fourth-order valence-electron chi connectivity index (χ4n) is 2.23. The van der Waals surface area contributed by atoms with Gasteiger partial charge in [-0.1, -0.05) is 6.07 Å². The lowest BCUT2D eigenvalue weighted by Crippen LogP contribution is -2.19. The molecule has 108 valence electrons. The fourth-order valence-corrected chi connectivity index (χ4v) is 3.28. The van der Waals surface area contributed by atoms with E-state index >= 15 is 0 Å². The Kier molecular flexibility index (Phi) is 3.57. The topological polar surface area (TPSA) is 91.3 Å². The molecule has 0 fully saturated rings. The van der Waals surface area contributed by atoms with E-state index in [1.165, 1.54) is 28.3 Å². The molecule has 1 aromatic heterocycles. The number of amides is 2. The van der Waals surface area contributed by atoms with Crippen LogP contribution in [0.15, 0.2) is 24.3 Å². The van der Waals surface area contributed by atoms with Crippen LogP contribution in [0.5, 0.6) is 0 Å². The second-order valence-electron chi connectivity index (χ2n) is 4.71. The smallest absolute Gasteiger partial charge is 0.335 e. The minimum absolute atomic E-state index is 0.126. The van der Waals surface area contributed by atoms with E-state index in [2.05, 4.69) is 15.6 Å². The molecular weight excluding hydrogens is 290 g/mol. The first-order valence-electron chi connectivity index (χ1n) is 6.52. The maximum atomic E-state index is 11.9. The quantitative estimate of drug-likeness (QED) is 0.813. The van der Waals surface area contributed by atoms with Gasteiger partial charge in [-0.05, 0) is 37.5 Å². The molecular formula is C14H13N3O3S. The molecule has 3 N–H and O–H groups in total. The molecule has 2 aromatic rings. The van der Waals surface area contributed by atoms with Gasteiger partial charge in [-0.15, -0.1) is 11.3 Å². The maximum absolute atomic E-state index is 11.9. The number of nitrogens with one attached hydrogen (secondary N) is 2. The van der Waals surface area contributed by atoms with Crippen molar-refractivity contribution in [3.63, 3.8) is 0 Å². The number of carbonyl (C=O) groups excluding carboxylic acids is 1. The fraction of sp³-hybridized carbons (Fsp3) is 0.214. The normalized spacial score (nSPS) is 12.8. The number of carbonyl (C=O) groups is 2. The summed E-state index contributed by atoms with van der Waals surface area (Å²) in [7, 11) is 0. The number of thiazole rings is 1. The van der Waals surface area contributed by atoms with Gasteiger partial charge in [-0.2, -0.15) is 0 Å². The number of fused-ring (bicyclic) bond motifs is 1. The highest BCUT2D eigenvalue weighted by Crippen LogP contribution is 2.30. The van der Waals surface area contributed by atoms with Crippen LogP contribution < -0.4 is 10.6 Å². The highest BCUT2D eigenvalue weighted by Gasteiger charge is 2.17. The maximum Gasteiger partial charge on any atom is 0.335 e. The Morgan fingerprint density at radius 1 is 1.24 bits per heavy atom. The van der Waals surface area contributed by atoms with E-state index in [4.69, 9.17) is 5.11 Å². The molecule has 21 heavy (non-hydrogen) atoms. The Morgan fingerprint density at radius 3 is 2.86 bits per heavy atom. The lowest BCUT2D eigenvalue weighted by molar-refractivity contribution is 0.0697. The number of carboxylic acids is 1. The molecule has 1 aliphatic rings. The van der Waals surface area contributed by atoms with Crippen molar-refractivity contribution in [1.82, 2.24) is 4.98 Å². The second kappa shape index (κ2) is 5.53. The average molecular weight is 303 g/mol. The van der Waals surface area contributed by atoms with Crippen molar-refractivity contribution in [1.29, 1.82) is 0 Å². The van der Waals surface area contributed by atoms with E-state index in [1.54, 1.807) is 12.1 Å². The van der Waals surface area contributed by atoms with Gasteiger partial charge in [0.1, 0.15) is 0 Å². The number of aryl methyl sites for hydroxylation is 2. The Labute approximate surface area is 124 Å². The van der Waals surface area contributed by atoms with Gasteiger partial charge >= 0.3 is 12.0 Å². The van der Waals surface area contributed by atoms with Crippen molar-refractivity contribution < 1.29 is 14.7 Å². The van der Waals surface area contributed by atoms with Gasteiger partial charge in [-0.3, -0.25) is 5.32 Å². The number of benzene rings is 1. The van der Waals surface area contributed by atoms with E-state index < -0.39 is 12.0 Å². The summed E-state index contributed by atoms with van der Waals surface area (Å²) in [6, 6.07) is 5.66. The summed E-state index contributed by atoms with van der Waals surface area (Å²) in [6.07, 6.45) is 3.12. The number of rotatable bonds is 3. The minimum atomic E-state index is -1.03. The van der Waals surface area contributed by atoms with Crippen LogP contribution in [-0.2, 0) is 12.8 Å². The summed E-state index contributed by atoms with van der Waals surface area (Å²) >= 11 is 1.49. The van der Waals surface area contributed by atoms with E-state index in [1.807, 2.05) is 0 Å². The van der Waals surface area contributed by atoms with E-state index in [9.17, 15) is 9.59 Å². The third kappa shape index (κ3) is 3.03. The predicted molar refractivity (Wildman–Crippen MR) is 80.2 cm³/mol. The molecule has 1 heterocycles. The standard InChI is InChI=1S/C14H13N3O3S/c18-12(19)8-3-1-4-9(7-8)15-13(20)17-14-16-10-5-2-6-11(10)21-14/h1,3-4,7H,2,5-6H2,(H,18,19)(H2,15,16,17,20). The first-order valence-corrected chi connectivity index (χ1v) is 7.33. The number of aromatic nitrogens is 1. The minimum Gasteiger partial charge on any atom is -0.478 e. The van der Waals surface area contributed by atoms with Crippen LogP contribution in [0.25, 0.3) is 0 Å². The molecule has 0 aliphatic heterocycles. The number of hydrogen-bond acceptors (Lipinski definition) is 4. The van der Waals surface area contributed by atoms with E-state index in [0.717, 1.165) is 25.0 Å². The second-order valence-corrected chi connectivity index (χ2v) is 5.79. The molecule has 1 aliphatic carbocycles. The van der Waals surface area contributed by atoms with Gasteiger partial charge in [0.25, 0.3) is 0 Å². The third-order valence-electron chi connectivity index (χ3n) is 3.18. The summed E-state index contributed by atoms with van der Waals surface area (Å²) in [5.74, 6) is -1.03. The van der Waals surface area contributed by atoms with Crippen molar-refractivity contribution in [3.8, 4) is 0 Å².